The van der Waals surface area contributed by atoms with Crippen LogP contribution in [0.25, 0.3) is 0 Å². The van der Waals surface area contributed by atoms with Gasteiger partial charge < -0.3 is 9.15 Å². The van der Waals surface area contributed by atoms with Crippen molar-refractivity contribution in [2.24, 2.45) is 12.1 Å². The van der Waals surface area contributed by atoms with Crippen molar-refractivity contribution in [1.29, 1.82) is 0 Å². The summed E-state index contributed by atoms with van der Waals surface area (Å²) < 4.78 is 26.1. The van der Waals surface area contributed by atoms with E-state index in [-0.39, 0.29) is 17.9 Å². The van der Waals surface area contributed by atoms with E-state index in [2.05, 4.69) is 15.6 Å². The van der Waals surface area contributed by atoms with Crippen LogP contribution in [0.3, 0.4) is 0 Å². The monoisotopic (exact) mass is 384 g/mol. The van der Waals surface area contributed by atoms with Gasteiger partial charge in [-0.1, -0.05) is 17.7 Å². The number of rotatable bonds is 6. The lowest BCUT2D eigenvalue weighted by molar-refractivity contribution is 0.0923. The molecule has 0 saturated carbocycles. The van der Waals surface area contributed by atoms with Gasteiger partial charge in [0.15, 0.2) is 5.76 Å². The van der Waals surface area contributed by atoms with Gasteiger partial charge in [0.25, 0.3) is 0 Å². The summed E-state index contributed by atoms with van der Waals surface area (Å²) in [6.45, 7) is 5.83. The van der Waals surface area contributed by atoms with Crippen LogP contribution in [-0.2, 0) is 13.7 Å². The molecule has 3 rings (SSSR count). The first-order valence-corrected chi connectivity index (χ1v) is 8.66. The number of amides is 1. The van der Waals surface area contributed by atoms with E-state index in [1.807, 2.05) is 32.0 Å². The van der Waals surface area contributed by atoms with Crippen molar-refractivity contribution < 1.29 is 18.3 Å². The Morgan fingerprint density at radius 3 is 2.79 bits per heavy atom. The minimum atomic E-state index is -0.545. The predicted molar refractivity (Wildman–Crippen MR) is 102 cm³/mol. The van der Waals surface area contributed by atoms with Crippen LogP contribution in [0, 0.1) is 26.7 Å². The number of furan rings is 1. The Bertz CT molecular complexity index is 1040. The van der Waals surface area contributed by atoms with Gasteiger partial charge in [-0.15, -0.1) is 0 Å². The lowest BCUT2D eigenvalue weighted by Gasteiger charge is -2.08. The molecule has 1 amide bonds. The average molecular weight is 384 g/mol. The van der Waals surface area contributed by atoms with Crippen LogP contribution in [0.4, 0.5) is 4.39 Å². The largest absolute Gasteiger partial charge is 0.485 e. The Labute approximate surface area is 161 Å². The van der Waals surface area contributed by atoms with E-state index in [9.17, 15) is 9.18 Å². The van der Waals surface area contributed by atoms with Crippen molar-refractivity contribution in [1.82, 2.24) is 15.2 Å². The molecule has 0 spiro atoms. The maximum atomic E-state index is 13.8. The lowest BCUT2D eigenvalue weighted by atomic mass is 10.1. The number of aryl methyl sites for hydroxylation is 4. The quantitative estimate of drug-likeness (QED) is 0.522. The Morgan fingerprint density at radius 1 is 1.32 bits per heavy atom. The maximum absolute atomic E-state index is 13.8. The summed E-state index contributed by atoms with van der Waals surface area (Å²) in [4.78, 5) is 12.1. The molecule has 146 valence electrons. The smallest absolute Gasteiger partial charge is 0.307 e. The molecule has 0 atom stereocenters. The summed E-state index contributed by atoms with van der Waals surface area (Å²) in [7, 11) is 1.49. The van der Waals surface area contributed by atoms with Crippen molar-refractivity contribution in [3.05, 3.63) is 70.2 Å². The Morgan fingerprint density at radius 2 is 2.11 bits per heavy atom. The van der Waals surface area contributed by atoms with E-state index >= 15 is 0 Å². The van der Waals surface area contributed by atoms with Crippen molar-refractivity contribution in [3.63, 3.8) is 0 Å². The van der Waals surface area contributed by atoms with Crippen molar-refractivity contribution in [3.8, 4) is 5.75 Å². The van der Waals surface area contributed by atoms with Gasteiger partial charge in [-0.3, -0.25) is 4.79 Å². The number of nitrogens with zero attached hydrogens (tertiary/aromatic N) is 3. The Hall–Kier alpha value is -3.42. The highest BCUT2D eigenvalue weighted by atomic mass is 19.1. The first-order chi connectivity index (χ1) is 13.3. The number of ether oxygens (including phenoxy) is 1. The summed E-state index contributed by atoms with van der Waals surface area (Å²) in [5.41, 5.74) is 5.17. The van der Waals surface area contributed by atoms with Gasteiger partial charge in [-0.05, 0) is 44.5 Å². The number of benzene rings is 1. The minimum absolute atomic E-state index is 0.0831. The van der Waals surface area contributed by atoms with Crippen LogP contribution in [-0.4, -0.2) is 21.9 Å². The third kappa shape index (κ3) is 4.28. The zero-order valence-corrected chi connectivity index (χ0v) is 16.1. The van der Waals surface area contributed by atoms with Crippen LogP contribution in [0.2, 0.25) is 0 Å². The second-order valence-corrected chi connectivity index (χ2v) is 6.44. The molecule has 7 nitrogen and oxygen atoms in total. The van der Waals surface area contributed by atoms with Gasteiger partial charge in [0.1, 0.15) is 18.1 Å². The maximum Gasteiger partial charge on any atom is 0.307 e. The topological polar surface area (TPSA) is 81.6 Å². The van der Waals surface area contributed by atoms with Crippen molar-refractivity contribution in [2.75, 3.05) is 0 Å². The minimum Gasteiger partial charge on any atom is -0.485 e. The SMILES string of the molecule is Cc1ccc(OCc2ccc(C(=O)N/N=C\c3c(C)nn(C)c3F)o2)c(C)c1. The lowest BCUT2D eigenvalue weighted by Crippen LogP contribution is -2.17. The standard InChI is InChI=1S/C20H21FN4O3/c1-12-5-7-17(13(2)9-12)27-11-15-6-8-18(28-15)20(26)23-22-10-16-14(3)24-25(4)19(16)21/h5-10H,11H2,1-4H3,(H,23,26)/b22-10-. The summed E-state index contributed by atoms with van der Waals surface area (Å²) in [6, 6.07) is 9.08. The molecular weight excluding hydrogens is 363 g/mol. The molecule has 2 aromatic heterocycles. The van der Waals surface area contributed by atoms with Crippen LogP contribution in [0.5, 0.6) is 5.75 Å². The number of carbonyl (C=O) groups excluding carboxylic acids is 1. The second-order valence-electron chi connectivity index (χ2n) is 6.44. The zero-order valence-electron chi connectivity index (χ0n) is 16.1. The first kappa shape index (κ1) is 19.3. The highest BCUT2D eigenvalue weighted by Gasteiger charge is 2.13. The van der Waals surface area contributed by atoms with E-state index in [0.717, 1.165) is 21.6 Å². The third-order valence-electron chi connectivity index (χ3n) is 4.14. The van der Waals surface area contributed by atoms with E-state index < -0.39 is 11.9 Å². The molecule has 0 bridgehead atoms. The fourth-order valence-corrected chi connectivity index (χ4v) is 2.69. The van der Waals surface area contributed by atoms with E-state index in [1.165, 1.54) is 19.3 Å². The summed E-state index contributed by atoms with van der Waals surface area (Å²) >= 11 is 0. The molecule has 0 aliphatic rings. The van der Waals surface area contributed by atoms with Crippen molar-refractivity contribution >= 4 is 12.1 Å². The van der Waals surface area contributed by atoms with E-state index in [4.69, 9.17) is 9.15 Å². The average Bonchev–Trinajstić information content (AvgIpc) is 3.21. The van der Waals surface area contributed by atoms with Crippen LogP contribution >= 0.6 is 0 Å². The molecule has 1 N–H and O–H groups in total. The van der Waals surface area contributed by atoms with Gasteiger partial charge in [0.2, 0.25) is 5.95 Å². The van der Waals surface area contributed by atoms with E-state index in [1.54, 1.807) is 13.0 Å². The number of aromatic nitrogens is 2. The third-order valence-corrected chi connectivity index (χ3v) is 4.14. The van der Waals surface area contributed by atoms with Crippen LogP contribution in [0.15, 0.2) is 39.9 Å². The molecule has 0 aliphatic heterocycles. The second kappa shape index (κ2) is 8.08. The molecule has 3 aromatic rings. The molecule has 0 aliphatic carbocycles. The number of hydrogen-bond acceptors (Lipinski definition) is 5. The molecule has 1 aromatic carbocycles. The van der Waals surface area contributed by atoms with Crippen LogP contribution < -0.4 is 10.2 Å². The predicted octanol–water partition coefficient (Wildman–Crippen LogP) is 3.42. The highest BCUT2D eigenvalue weighted by Crippen LogP contribution is 2.20. The fraction of sp³-hybridized carbons (Fsp3) is 0.250. The summed E-state index contributed by atoms with van der Waals surface area (Å²) in [5, 5.41) is 7.70. The zero-order chi connectivity index (χ0) is 20.3. The fourth-order valence-electron chi connectivity index (χ4n) is 2.69. The van der Waals surface area contributed by atoms with Crippen LogP contribution in [0.1, 0.15) is 38.7 Å². The summed E-state index contributed by atoms with van der Waals surface area (Å²) in [6.07, 6.45) is 1.21. The molecule has 0 radical (unpaired) electrons. The number of hydrazone groups is 1. The molecule has 2 heterocycles. The Balaban J connectivity index is 1.58. The molecule has 8 heteroatoms. The Kier molecular flexibility index (Phi) is 5.58. The molecule has 28 heavy (non-hydrogen) atoms. The van der Waals surface area contributed by atoms with Crippen molar-refractivity contribution in [2.45, 2.75) is 27.4 Å². The molecular formula is C20H21FN4O3. The number of hydrogen-bond donors (Lipinski definition) is 1. The van der Waals surface area contributed by atoms with Gasteiger partial charge >= 0.3 is 5.91 Å². The van der Waals surface area contributed by atoms with Gasteiger partial charge in [0.05, 0.1) is 17.5 Å². The normalized spacial score (nSPS) is 11.2. The highest BCUT2D eigenvalue weighted by molar-refractivity contribution is 5.92. The summed E-state index contributed by atoms with van der Waals surface area (Å²) in [5.74, 6) is 0.268. The number of nitrogens with one attached hydrogen (secondary N) is 1. The van der Waals surface area contributed by atoms with E-state index in [0.29, 0.717) is 11.5 Å². The van der Waals surface area contributed by atoms with Gasteiger partial charge in [0, 0.05) is 7.05 Å². The van der Waals surface area contributed by atoms with Gasteiger partial charge in [-0.25, -0.2) is 10.1 Å². The number of carbonyl (C=O) groups is 1. The first-order valence-electron chi connectivity index (χ1n) is 8.66. The molecule has 0 unspecified atom stereocenters. The van der Waals surface area contributed by atoms with Gasteiger partial charge in [-0.2, -0.15) is 14.6 Å². The molecule has 0 fully saturated rings. The number of halogens is 1. The molecule has 0 saturated heterocycles.